The van der Waals surface area contributed by atoms with E-state index in [4.69, 9.17) is 0 Å². The molecule has 0 unspecified atom stereocenters. The van der Waals surface area contributed by atoms with Gasteiger partial charge < -0.3 is 9.47 Å². The second-order valence-corrected chi connectivity index (χ2v) is 19.4. The van der Waals surface area contributed by atoms with Crippen LogP contribution in [0.4, 0.5) is 17.1 Å². The number of benzene rings is 11. The van der Waals surface area contributed by atoms with Gasteiger partial charge in [0.25, 0.3) is 0 Å². The van der Waals surface area contributed by atoms with E-state index in [1.54, 1.807) is 0 Å². The van der Waals surface area contributed by atoms with Gasteiger partial charge in [-0.1, -0.05) is 206 Å². The van der Waals surface area contributed by atoms with Gasteiger partial charge in [0, 0.05) is 27.7 Å². The molecule has 2 heteroatoms. The number of nitrogens with zero attached hydrogens (tertiary/aromatic N) is 2. The van der Waals surface area contributed by atoms with Crippen LogP contribution in [0.1, 0.15) is 44.5 Å². The Hall–Kier alpha value is -8.98. The quantitative estimate of drug-likeness (QED) is 0.171. The number of anilines is 3. The first kappa shape index (κ1) is 38.0. The van der Waals surface area contributed by atoms with Crippen LogP contribution < -0.4 is 4.90 Å². The fourth-order valence-corrected chi connectivity index (χ4v) is 13.9. The minimum Gasteiger partial charge on any atom is -0.310 e. The third kappa shape index (κ3) is 4.59. The van der Waals surface area contributed by atoms with Gasteiger partial charge in [-0.15, -0.1) is 0 Å². The highest BCUT2D eigenvalue weighted by Gasteiger charge is 2.54. The third-order valence-corrected chi connectivity index (χ3v) is 16.4. The highest BCUT2D eigenvalue weighted by atomic mass is 15.1. The SMILES string of the molecule is c1ccc(N(c2cccc(-c3ccc4c(c3)C3(c5ccccc5-c5ccccc53)c3cccc5c6ccccc6n-4c35)c2)c2cccc3c2C2(c4ccccc4-c4ccccc42)c2ccccc2-3)cc1. The summed E-state index contributed by atoms with van der Waals surface area (Å²) in [6.07, 6.45) is 0. The monoisotopic (exact) mass is 886 g/mol. The Morgan fingerprint density at radius 1 is 0.300 bits per heavy atom. The highest BCUT2D eigenvalue weighted by Crippen LogP contribution is 2.66. The summed E-state index contributed by atoms with van der Waals surface area (Å²) >= 11 is 0. The molecule has 12 aromatic rings. The molecule has 0 saturated carbocycles. The molecule has 0 saturated heterocycles. The number of fused-ring (bicyclic) bond motifs is 22. The summed E-state index contributed by atoms with van der Waals surface area (Å²) in [5, 5.41) is 2.57. The van der Waals surface area contributed by atoms with E-state index in [0.717, 1.165) is 11.4 Å². The Morgan fingerprint density at radius 3 is 1.43 bits per heavy atom. The van der Waals surface area contributed by atoms with Crippen molar-refractivity contribution in [2.24, 2.45) is 0 Å². The summed E-state index contributed by atoms with van der Waals surface area (Å²) in [6, 6.07) is 96.0. The van der Waals surface area contributed by atoms with Gasteiger partial charge in [-0.3, -0.25) is 0 Å². The summed E-state index contributed by atoms with van der Waals surface area (Å²) in [5.74, 6) is 0. The largest absolute Gasteiger partial charge is 0.310 e. The smallest absolute Gasteiger partial charge is 0.0754 e. The molecule has 70 heavy (non-hydrogen) atoms. The van der Waals surface area contributed by atoms with E-state index in [1.165, 1.54) is 122 Å². The van der Waals surface area contributed by atoms with E-state index in [1.807, 2.05) is 0 Å². The van der Waals surface area contributed by atoms with E-state index >= 15 is 0 Å². The van der Waals surface area contributed by atoms with Crippen LogP contribution >= 0.6 is 0 Å². The lowest BCUT2D eigenvalue weighted by Gasteiger charge is -2.40. The molecule has 1 aromatic heterocycles. The summed E-state index contributed by atoms with van der Waals surface area (Å²) in [5.41, 5.74) is 26.9. The Morgan fingerprint density at radius 2 is 0.771 bits per heavy atom. The lowest BCUT2D eigenvalue weighted by atomic mass is 9.65. The zero-order chi connectivity index (χ0) is 45.7. The second-order valence-electron chi connectivity index (χ2n) is 19.4. The van der Waals surface area contributed by atoms with Gasteiger partial charge in [0.15, 0.2) is 0 Å². The molecule has 324 valence electrons. The average Bonchev–Trinajstić information content (AvgIpc) is 4.13. The molecule has 4 aliphatic rings. The van der Waals surface area contributed by atoms with Crippen LogP contribution in [0.25, 0.3) is 72.0 Å². The third-order valence-electron chi connectivity index (χ3n) is 16.4. The van der Waals surface area contributed by atoms with Crippen molar-refractivity contribution in [1.29, 1.82) is 0 Å². The molecule has 2 spiro atoms. The standard InChI is InChI=1S/C68H42N2/c1-2-20-45(21-3-1)69(64-38-18-29-53-51-27-8-14-35-59(51)68(65(53)64)57-33-12-6-25-49(57)50-26-7-13-34-58(50)68)46-22-16-19-43(41-46)44-39-40-63-61(42-44)67(55-31-10-4-23-47(55)48-24-5-11-32-56(48)67)60-36-17-30-54-52-28-9-15-37-62(52)70(63)66(54)60/h1-42H. The first-order valence-corrected chi connectivity index (χ1v) is 24.5. The minimum absolute atomic E-state index is 0.509. The van der Waals surface area contributed by atoms with Gasteiger partial charge in [0.05, 0.1) is 33.2 Å². The van der Waals surface area contributed by atoms with Crippen molar-refractivity contribution in [3.63, 3.8) is 0 Å². The maximum absolute atomic E-state index is 2.55. The second kappa shape index (κ2) is 13.8. The number of hydrogen-bond donors (Lipinski definition) is 0. The Labute approximate surface area is 406 Å². The van der Waals surface area contributed by atoms with Crippen LogP contribution in [0.5, 0.6) is 0 Å². The average molecular weight is 887 g/mol. The van der Waals surface area contributed by atoms with Gasteiger partial charge in [-0.2, -0.15) is 0 Å². The van der Waals surface area contributed by atoms with Crippen LogP contribution in [0, 0.1) is 0 Å². The lowest BCUT2D eigenvalue weighted by Crippen LogP contribution is -2.33. The Kier molecular flexibility index (Phi) is 7.51. The molecule has 2 heterocycles. The molecule has 16 rings (SSSR count). The van der Waals surface area contributed by atoms with Crippen molar-refractivity contribution in [2.45, 2.75) is 10.8 Å². The van der Waals surface area contributed by atoms with Crippen LogP contribution in [0.2, 0.25) is 0 Å². The first-order chi connectivity index (χ1) is 34.8. The van der Waals surface area contributed by atoms with Crippen molar-refractivity contribution in [3.05, 3.63) is 299 Å². The Balaban J connectivity index is 0.949. The molecular weight excluding hydrogens is 845 g/mol. The van der Waals surface area contributed by atoms with Crippen LogP contribution in [0.3, 0.4) is 0 Å². The molecule has 2 nitrogen and oxygen atoms in total. The molecule has 0 radical (unpaired) electrons. The van der Waals surface area contributed by atoms with Crippen molar-refractivity contribution in [2.75, 3.05) is 4.90 Å². The normalized spacial score (nSPS) is 14.2. The number of para-hydroxylation sites is 3. The van der Waals surface area contributed by atoms with Gasteiger partial charge >= 0.3 is 0 Å². The van der Waals surface area contributed by atoms with Gasteiger partial charge in [-0.25, -0.2) is 0 Å². The van der Waals surface area contributed by atoms with Crippen LogP contribution in [-0.4, -0.2) is 4.57 Å². The number of aromatic nitrogens is 1. The van der Waals surface area contributed by atoms with Crippen molar-refractivity contribution in [1.82, 2.24) is 4.57 Å². The van der Waals surface area contributed by atoms with Gasteiger partial charge in [0.1, 0.15) is 0 Å². The zero-order valence-electron chi connectivity index (χ0n) is 38.1. The summed E-state index contributed by atoms with van der Waals surface area (Å²) in [6.45, 7) is 0. The summed E-state index contributed by atoms with van der Waals surface area (Å²) in [4.78, 5) is 2.52. The summed E-state index contributed by atoms with van der Waals surface area (Å²) in [7, 11) is 0. The molecule has 3 aliphatic carbocycles. The summed E-state index contributed by atoms with van der Waals surface area (Å²) < 4.78 is 2.55. The fraction of sp³-hybridized carbons (Fsp3) is 0.0294. The molecule has 0 atom stereocenters. The molecule has 11 aromatic carbocycles. The van der Waals surface area contributed by atoms with Crippen LogP contribution in [0.15, 0.2) is 255 Å². The minimum atomic E-state index is -0.530. The molecular formula is C68H42N2. The molecule has 0 amide bonds. The number of rotatable bonds is 4. The number of hydrogen-bond acceptors (Lipinski definition) is 1. The first-order valence-electron chi connectivity index (χ1n) is 24.5. The van der Waals surface area contributed by atoms with E-state index < -0.39 is 10.8 Å². The molecule has 0 bridgehead atoms. The topological polar surface area (TPSA) is 8.17 Å². The van der Waals surface area contributed by atoms with Crippen LogP contribution in [-0.2, 0) is 10.8 Å². The lowest BCUT2D eigenvalue weighted by molar-refractivity contribution is 0.749. The van der Waals surface area contributed by atoms with E-state index in [9.17, 15) is 0 Å². The van der Waals surface area contributed by atoms with E-state index in [0.29, 0.717) is 0 Å². The predicted molar refractivity (Wildman–Crippen MR) is 288 cm³/mol. The molecule has 1 aliphatic heterocycles. The van der Waals surface area contributed by atoms with Gasteiger partial charge in [0.2, 0.25) is 0 Å². The van der Waals surface area contributed by atoms with E-state index in [-0.39, 0.29) is 0 Å². The Bertz CT molecular complexity index is 4100. The van der Waals surface area contributed by atoms with Gasteiger partial charge in [-0.05, 0) is 132 Å². The van der Waals surface area contributed by atoms with Crippen molar-refractivity contribution >= 4 is 38.9 Å². The molecule has 0 fully saturated rings. The maximum Gasteiger partial charge on any atom is 0.0754 e. The maximum atomic E-state index is 2.55. The fourth-order valence-electron chi connectivity index (χ4n) is 13.9. The zero-order valence-corrected chi connectivity index (χ0v) is 38.1. The van der Waals surface area contributed by atoms with Crippen molar-refractivity contribution < 1.29 is 0 Å². The van der Waals surface area contributed by atoms with Crippen molar-refractivity contribution in [3.8, 4) is 50.2 Å². The molecule has 0 N–H and O–H groups in total. The highest BCUT2D eigenvalue weighted by molar-refractivity contribution is 6.13. The predicted octanol–water partition coefficient (Wildman–Crippen LogP) is 16.9. The van der Waals surface area contributed by atoms with E-state index in [2.05, 4.69) is 264 Å².